The van der Waals surface area contributed by atoms with Crippen LogP contribution in [0.2, 0.25) is 0 Å². The quantitative estimate of drug-likeness (QED) is 0.921. The molecular formula is C14H17FO5S. The van der Waals surface area contributed by atoms with Crippen molar-refractivity contribution < 1.29 is 27.4 Å². The van der Waals surface area contributed by atoms with E-state index in [1.807, 2.05) is 0 Å². The van der Waals surface area contributed by atoms with E-state index in [1.54, 1.807) is 0 Å². The van der Waals surface area contributed by atoms with Crippen LogP contribution in [0.4, 0.5) is 4.39 Å². The van der Waals surface area contributed by atoms with Gasteiger partial charge in [0.2, 0.25) is 0 Å². The summed E-state index contributed by atoms with van der Waals surface area (Å²) in [4.78, 5) is 11.1. The molecule has 21 heavy (non-hydrogen) atoms. The van der Waals surface area contributed by atoms with Crippen LogP contribution >= 0.6 is 0 Å². The fourth-order valence-corrected chi connectivity index (χ4v) is 3.71. The van der Waals surface area contributed by atoms with E-state index in [-0.39, 0.29) is 17.4 Å². The molecule has 116 valence electrons. The number of carbonyl (C=O) groups is 1. The van der Waals surface area contributed by atoms with E-state index in [0.29, 0.717) is 25.7 Å². The van der Waals surface area contributed by atoms with Crippen molar-refractivity contribution in [3.63, 3.8) is 0 Å². The highest BCUT2D eigenvalue weighted by atomic mass is 32.2. The molecule has 0 amide bonds. The molecule has 1 fully saturated rings. The third kappa shape index (κ3) is 3.93. The second-order valence-electron chi connectivity index (χ2n) is 5.30. The van der Waals surface area contributed by atoms with Gasteiger partial charge >= 0.3 is 5.97 Å². The number of sulfone groups is 1. The van der Waals surface area contributed by atoms with Crippen LogP contribution in [0.5, 0.6) is 5.75 Å². The molecule has 2 rings (SSSR count). The van der Waals surface area contributed by atoms with E-state index in [9.17, 15) is 17.6 Å². The number of carboxylic acids is 1. The van der Waals surface area contributed by atoms with Crippen molar-refractivity contribution in [2.24, 2.45) is 0 Å². The van der Waals surface area contributed by atoms with Gasteiger partial charge in [-0.15, -0.1) is 0 Å². The van der Waals surface area contributed by atoms with E-state index in [1.165, 1.54) is 12.3 Å². The van der Waals surface area contributed by atoms with Gasteiger partial charge in [0, 0.05) is 12.7 Å². The Kier molecular flexibility index (Phi) is 4.51. The predicted molar refractivity (Wildman–Crippen MR) is 74.9 cm³/mol. The molecule has 1 aliphatic carbocycles. The lowest BCUT2D eigenvalue weighted by atomic mass is 9.97. The molecular weight excluding hydrogens is 299 g/mol. The zero-order valence-corrected chi connectivity index (χ0v) is 12.4. The van der Waals surface area contributed by atoms with Crippen molar-refractivity contribution in [3.8, 4) is 5.75 Å². The Morgan fingerprint density at radius 2 is 2.10 bits per heavy atom. The SMILES string of the molecule is CS(=O)(=O)C1CCCC(Oc2ccc(F)cc2C(=O)O)C1. The van der Waals surface area contributed by atoms with Gasteiger partial charge in [-0.25, -0.2) is 17.6 Å². The van der Waals surface area contributed by atoms with Gasteiger partial charge in [0.15, 0.2) is 0 Å². The highest BCUT2D eigenvalue weighted by molar-refractivity contribution is 7.91. The summed E-state index contributed by atoms with van der Waals surface area (Å²) in [6, 6.07) is 3.29. The van der Waals surface area contributed by atoms with E-state index in [0.717, 1.165) is 12.1 Å². The average Bonchev–Trinajstić information content (AvgIpc) is 2.40. The lowest BCUT2D eigenvalue weighted by Crippen LogP contribution is -2.33. The van der Waals surface area contributed by atoms with Gasteiger partial charge in [0.25, 0.3) is 0 Å². The molecule has 0 spiro atoms. The van der Waals surface area contributed by atoms with Crippen molar-refractivity contribution in [1.29, 1.82) is 0 Å². The fraction of sp³-hybridized carbons (Fsp3) is 0.500. The molecule has 1 aliphatic rings. The molecule has 5 nitrogen and oxygen atoms in total. The summed E-state index contributed by atoms with van der Waals surface area (Å²) in [5, 5.41) is 8.59. The van der Waals surface area contributed by atoms with Gasteiger partial charge in [0.1, 0.15) is 27.0 Å². The second kappa shape index (κ2) is 6.01. The first-order valence-electron chi connectivity index (χ1n) is 6.65. The van der Waals surface area contributed by atoms with Crippen LogP contribution < -0.4 is 4.74 Å². The molecule has 2 atom stereocenters. The molecule has 1 N–H and O–H groups in total. The van der Waals surface area contributed by atoms with Gasteiger partial charge in [-0.1, -0.05) is 0 Å². The molecule has 0 bridgehead atoms. The van der Waals surface area contributed by atoms with Crippen LogP contribution in [-0.4, -0.2) is 37.1 Å². The van der Waals surface area contributed by atoms with Crippen LogP contribution in [-0.2, 0) is 9.84 Å². The molecule has 1 aromatic carbocycles. The molecule has 0 heterocycles. The molecule has 2 unspecified atom stereocenters. The Bertz CT molecular complexity index is 641. The average molecular weight is 316 g/mol. The highest BCUT2D eigenvalue weighted by Gasteiger charge is 2.30. The Morgan fingerprint density at radius 1 is 1.38 bits per heavy atom. The monoisotopic (exact) mass is 316 g/mol. The normalized spacial score (nSPS) is 22.8. The summed E-state index contributed by atoms with van der Waals surface area (Å²) in [6.45, 7) is 0. The smallest absolute Gasteiger partial charge is 0.339 e. The van der Waals surface area contributed by atoms with Crippen LogP contribution in [0.15, 0.2) is 18.2 Å². The number of hydrogen-bond acceptors (Lipinski definition) is 4. The Labute approximate surface area is 122 Å². The lowest BCUT2D eigenvalue weighted by Gasteiger charge is -2.28. The summed E-state index contributed by atoms with van der Waals surface area (Å²) < 4.78 is 41.9. The van der Waals surface area contributed by atoms with Crippen LogP contribution in [0, 0.1) is 5.82 Å². The van der Waals surface area contributed by atoms with Gasteiger partial charge < -0.3 is 9.84 Å². The number of aromatic carboxylic acids is 1. The number of halogens is 1. The summed E-state index contributed by atoms with van der Waals surface area (Å²) in [5.41, 5.74) is -0.253. The van der Waals surface area contributed by atoms with Crippen molar-refractivity contribution in [3.05, 3.63) is 29.6 Å². The molecule has 1 aromatic rings. The molecule has 7 heteroatoms. The van der Waals surface area contributed by atoms with E-state index < -0.39 is 26.9 Å². The van der Waals surface area contributed by atoms with Crippen molar-refractivity contribution in [2.75, 3.05) is 6.26 Å². The minimum atomic E-state index is -3.14. The molecule has 0 aromatic heterocycles. The van der Waals surface area contributed by atoms with Crippen molar-refractivity contribution in [1.82, 2.24) is 0 Å². The zero-order chi connectivity index (χ0) is 15.6. The molecule has 0 radical (unpaired) electrons. The number of carboxylic acid groups (broad SMARTS) is 1. The summed E-state index contributed by atoms with van der Waals surface area (Å²) in [6.07, 6.45) is 3.10. The van der Waals surface area contributed by atoms with Gasteiger partial charge in [0.05, 0.1) is 11.4 Å². The zero-order valence-electron chi connectivity index (χ0n) is 11.6. The third-order valence-corrected chi connectivity index (χ3v) is 5.29. The van der Waals surface area contributed by atoms with Gasteiger partial charge in [-0.05, 0) is 37.5 Å². The lowest BCUT2D eigenvalue weighted by molar-refractivity contribution is 0.0685. The minimum absolute atomic E-state index is 0.0723. The number of ether oxygens (including phenoxy) is 1. The molecule has 1 saturated carbocycles. The first-order chi connectivity index (χ1) is 9.77. The maximum Gasteiger partial charge on any atom is 0.339 e. The second-order valence-corrected chi connectivity index (χ2v) is 7.63. The standard InChI is InChI=1S/C14H17FO5S/c1-21(18,19)11-4-2-3-10(8-11)20-13-6-5-9(15)7-12(13)14(16)17/h5-7,10-11H,2-4,8H2,1H3,(H,16,17). The number of benzene rings is 1. The van der Waals surface area contributed by atoms with Gasteiger partial charge in [-0.2, -0.15) is 0 Å². The maximum atomic E-state index is 13.1. The van der Waals surface area contributed by atoms with Crippen molar-refractivity contribution in [2.45, 2.75) is 37.0 Å². The first-order valence-corrected chi connectivity index (χ1v) is 8.61. The Balaban J connectivity index is 2.17. The van der Waals surface area contributed by atoms with E-state index in [2.05, 4.69) is 0 Å². The first kappa shape index (κ1) is 15.8. The van der Waals surface area contributed by atoms with Gasteiger partial charge in [-0.3, -0.25) is 0 Å². The maximum absolute atomic E-state index is 13.1. The van der Waals surface area contributed by atoms with Crippen LogP contribution in [0.25, 0.3) is 0 Å². The molecule has 0 saturated heterocycles. The summed E-state index contributed by atoms with van der Waals surface area (Å²) >= 11 is 0. The topological polar surface area (TPSA) is 80.7 Å². The number of rotatable bonds is 4. The van der Waals surface area contributed by atoms with E-state index in [4.69, 9.17) is 9.84 Å². The Hall–Kier alpha value is -1.63. The third-order valence-electron chi connectivity index (χ3n) is 3.65. The largest absolute Gasteiger partial charge is 0.489 e. The predicted octanol–water partition coefficient (Wildman–Crippen LogP) is 2.26. The summed E-state index contributed by atoms with van der Waals surface area (Å²) in [5.74, 6) is -1.86. The van der Waals surface area contributed by atoms with E-state index >= 15 is 0 Å². The number of hydrogen-bond donors (Lipinski definition) is 1. The van der Waals surface area contributed by atoms with Crippen molar-refractivity contribution >= 4 is 15.8 Å². The van der Waals surface area contributed by atoms with Crippen LogP contribution in [0.3, 0.4) is 0 Å². The molecule has 0 aliphatic heterocycles. The highest BCUT2D eigenvalue weighted by Crippen LogP contribution is 2.29. The minimum Gasteiger partial charge on any atom is -0.489 e. The summed E-state index contributed by atoms with van der Waals surface area (Å²) in [7, 11) is -3.14. The fourth-order valence-electron chi connectivity index (χ4n) is 2.55. The Morgan fingerprint density at radius 3 is 2.71 bits per heavy atom. The van der Waals surface area contributed by atoms with Crippen LogP contribution in [0.1, 0.15) is 36.0 Å².